The van der Waals surface area contributed by atoms with E-state index in [0.717, 1.165) is 31.2 Å². The SMILES string of the molecule is CCC(=O)SCCCCCCCCCCCCOc1ccc(-c2cc3cc(CC(F)(F)F)cnc3oc2=O)cc1. The van der Waals surface area contributed by atoms with Gasteiger partial charge in [0.25, 0.3) is 0 Å². The lowest BCUT2D eigenvalue weighted by Crippen LogP contribution is -2.12. The molecular weight excluding hydrogens is 539 g/mol. The highest BCUT2D eigenvalue weighted by molar-refractivity contribution is 8.13. The van der Waals surface area contributed by atoms with Gasteiger partial charge in [0.2, 0.25) is 5.71 Å². The molecule has 5 nitrogen and oxygen atoms in total. The van der Waals surface area contributed by atoms with Crippen LogP contribution in [-0.4, -0.2) is 28.6 Å². The Balaban J connectivity index is 1.33. The fourth-order valence-electron chi connectivity index (χ4n) is 4.42. The number of carbonyl (C=O) groups is 1. The number of alkyl halides is 3. The number of fused-ring (bicyclic) bond motifs is 1. The molecule has 9 heteroatoms. The van der Waals surface area contributed by atoms with E-state index in [9.17, 15) is 22.8 Å². The van der Waals surface area contributed by atoms with Crippen molar-refractivity contribution in [3.05, 3.63) is 58.6 Å². The second-order valence-electron chi connectivity index (χ2n) is 9.96. The van der Waals surface area contributed by atoms with Crippen molar-refractivity contribution >= 4 is 28.0 Å². The fourth-order valence-corrected chi connectivity index (χ4v) is 5.20. The van der Waals surface area contributed by atoms with Crippen molar-refractivity contribution in [2.24, 2.45) is 0 Å². The van der Waals surface area contributed by atoms with Gasteiger partial charge in [0.05, 0.1) is 18.6 Å². The van der Waals surface area contributed by atoms with Gasteiger partial charge in [-0.15, -0.1) is 0 Å². The van der Waals surface area contributed by atoms with Crippen LogP contribution in [0.25, 0.3) is 22.2 Å². The Morgan fingerprint density at radius 3 is 2.17 bits per heavy atom. The molecule has 0 atom stereocenters. The van der Waals surface area contributed by atoms with E-state index in [4.69, 9.17) is 9.15 Å². The van der Waals surface area contributed by atoms with Crippen molar-refractivity contribution in [2.45, 2.75) is 90.1 Å². The number of unbranched alkanes of at least 4 members (excludes halogenated alkanes) is 9. The summed E-state index contributed by atoms with van der Waals surface area (Å²) in [6.45, 7) is 2.52. The molecule has 40 heavy (non-hydrogen) atoms. The number of pyridine rings is 1. The van der Waals surface area contributed by atoms with Crippen molar-refractivity contribution in [2.75, 3.05) is 12.4 Å². The number of aromatic nitrogens is 1. The van der Waals surface area contributed by atoms with Crippen LogP contribution in [0.15, 0.2) is 51.8 Å². The van der Waals surface area contributed by atoms with Crippen molar-refractivity contribution in [1.82, 2.24) is 4.98 Å². The third kappa shape index (κ3) is 11.4. The Bertz CT molecular complexity index is 1260. The predicted octanol–water partition coefficient (Wildman–Crippen LogP) is 8.91. The molecule has 0 fully saturated rings. The number of carbonyl (C=O) groups excluding carboxylic acids is 1. The molecule has 0 spiro atoms. The van der Waals surface area contributed by atoms with Gasteiger partial charge in [0.15, 0.2) is 5.12 Å². The summed E-state index contributed by atoms with van der Waals surface area (Å²) in [4.78, 5) is 27.6. The van der Waals surface area contributed by atoms with Crippen LogP contribution in [-0.2, 0) is 11.2 Å². The van der Waals surface area contributed by atoms with Gasteiger partial charge >= 0.3 is 11.8 Å². The summed E-state index contributed by atoms with van der Waals surface area (Å²) in [7, 11) is 0. The summed E-state index contributed by atoms with van der Waals surface area (Å²) in [5.41, 5.74) is 0.261. The highest BCUT2D eigenvalue weighted by Gasteiger charge is 2.28. The molecule has 2 heterocycles. The lowest BCUT2D eigenvalue weighted by atomic mass is 10.1. The van der Waals surface area contributed by atoms with Crippen LogP contribution >= 0.6 is 11.8 Å². The van der Waals surface area contributed by atoms with Crippen LogP contribution in [0.1, 0.15) is 83.1 Å². The normalized spacial score (nSPS) is 11.7. The monoisotopic (exact) mass is 577 g/mol. The Hall–Kier alpha value is -2.81. The quantitative estimate of drug-likeness (QED) is 0.149. The molecule has 0 radical (unpaired) electrons. The Morgan fingerprint density at radius 2 is 1.55 bits per heavy atom. The van der Waals surface area contributed by atoms with Gasteiger partial charge in [-0.25, -0.2) is 9.78 Å². The highest BCUT2D eigenvalue weighted by Crippen LogP contribution is 2.26. The number of thioether (sulfide) groups is 1. The van der Waals surface area contributed by atoms with Gasteiger partial charge in [0.1, 0.15) is 5.75 Å². The smallest absolute Gasteiger partial charge is 0.393 e. The number of hydrogen-bond donors (Lipinski definition) is 0. The molecule has 1 aromatic carbocycles. The zero-order chi connectivity index (χ0) is 28.8. The summed E-state index contributed by atoms with van der Waals surface area (Å²) >= 11 is 1.47. The van der Waals surface area contributed by atoms with E-state index in [1.165, 1.54) is 68.8 Å². The van der Waals surface area contributed by atoms with Crippen molar-refractivity contribution in [1.29, 1.82) is 0 Å². The molecule has 3 rings (SSSR count). The van der Waals surface area contributed by atoms with Gasteiger partial charge in [-0.2, -0.15) is 13.2 Å². The number of benzene rings is 1. The lowest BCUT2D eigenvalue weighted by molar-refractivity contribution is -0.127. The highest BCUT2D eigenvalue weighted by atomic mass is 32.2. The van der Waals surface area contributed by atoms with Crippen LogP contribution in [0.2, 0.25) is 0 Å². The number of rotatable bonds is 17. The van der Waals surface area contributed by atoms with E-state index < -0.39 is 18.2 Å². The van der Waals surface area contributed by atoms with Crippen LogP contribution in [0.3, 0.4) is 0 Å². The minimum Gasteiger partial charge on any atom is -0.494 e. The van der Waals surface area contributed by atoms with Gasteiger partial charge in [-0.1, -0.05) is 82.2 Å². The average molecular weight is 578 g/mol. The molecule has 0 N–H and O–H groups in total. The summed E-state index contributed by atoms with van der Waals surface area (Å²) in [5, 5.41) is 0.634. The molecule has 0 aliphatic rings. The van der Waals surface area contributed by atoms with Gasteiger partial charge in [-0.05, 0) is 48.2 Å². The van der Waals surface area contributed by atoms with Crippen molar-refractivity contribution < 1.29 is 27.1 Å². The summed E-state index contributed by atoms with van der Waals surface area (Å²) in [6.07, 6.45) is 8.15. The maximum atomic E-state index is 12.7. The molecule has 3 aromatic rings. The predicted molar refractivity (Wildman–Crippen MR) is 155 cm³/mol. The fraction of sp³-hybridized carbons (Fsp3) is 0.516. The first-order chi connectivity index (χ1) is 19.2. The number of nitrogens with zero attached hydrogens (tertiary/aromatic N) is 1. The van der Waals surface area contributed by atoms with Crippen LogP contribution in [0, 0.1) is 0 Å². The van der Waals surface area contributed by atoms with E-state index >= 15 is 0 Å². The van der Waals surface area contributed by atoms with Crippen molar-refractivity contribution in [3.63, 3.8) is 0 Å². The molecule has 0 amide bonds. The summed E-state index contributed by atoms with van der Waals surface area (Å²) in [5.74, 6) is 1.65. The maximum absolute atomic E-state index is 12.7. The maximum Gasteiger partial charge on any atom is 0.393 e. The first-order valence-electron chi connectivity index (χ1n) is 14.1. The van der Waals surface area contributed by atoms with E-state index in [2.05, 4.69) is 4.98 Å². The third-order valence-corrected chi connectivity index (χ3v) is 7.68. The molecule has 0 aliphatic heterocycles. The number of hydrogen-bond acceptors (Lipinski definition) is 6. The Morgan fingerprint density at radius 1 is 0.925 bits per heavy atom. The van der Waals surface area contributed by atoms with E-state index in [-0.39, 0.29) is 16.8 Å². The first kappa shape index (κ1) is 31.7. The van der Waals surface area contributed by atoms with Gasteiger partial charge in [0, 0.05) is 23.8 Å². The number of halogens is 3. The van der Waals surface area contributed by atoms with E-state index in [0.29, 0.717) is 34.8 Å². The average Bonchev–Trinajstić information content (AvgIpc) is 2.92. The molecule has 0 saturated heterocycles. The molecule has 0 unspecified atom stereocenters. The Labute approximate surface area is 237 Å². The van der Waals surface area contributed by atoms with Crippen LogP contribution in [0.4, 0.5) is 13.2 Å². The molecular formula is C31H38F3NO4S. The van der Waals surface area contributed by atoms with E-state index in [1.54, 1.807) is 24.3 Å². The van der Waals surface area contributed by atoms with Crippen LogP contribution in [0.5, 0.6) is 5.75 Å². The van der Waals surface area contributed by atoms with Gasteiger partial charge in [-0.3, -0.25) is 4.79 Å². The minimum absolute atomic E-state index is 0.00621. The topological polar surface area (TPSA) is 69.4 Å². The summed E-state index contributed by atoms with van der Waals surface area (Å²) < 4.78 is 49.3. The lowest BCUT2D eigenvalue weighted by Gasteiger charge is -2.08. The zero-order valence-corrected chi connectivity index (χ0v) is 23.9. The van der Waals surface area contributed by atoms with Crippen LogP contribution < -0.4 is 10.4 Å². The second kappa shape index (κ2) is 16.5. The molecule has 0 saturated carbocycles. The summed E-state index contributed by atoms with van der Waals surface area (Å²) in [6, 6.07) is 9.89. The third-order valence-electron chi connectivity index (χ3n) is 6.57. The van der Waals surface area contributed by atoms with E-state index in [1.807, 2.05) is 6.92 Å². The molecule has 2 aromatic heterocycles. The zero-order valence-electron chi connectivity index (χ0n) is 23.1. The first-order valence-corrected chi connectivity index (χ1v) is 15.1. The molecule has 218 valence electrons. The Kier molecular flexibility index (Phi) is 13.0. The minimum atomic E-state index is -4.35. The molecule has 0 bridgehead atoms. The largest absolute Gasteiger partial charge is 0.494 e. The standard InChI is InChI=1S/C31H38F3NO4S/c1-2-28(36)40-18-12-10-8-6-4-3-5-7-9-11-17-38-26-15-13-24(14-16-26)27-20-25-19-23(21-31(32,33)34)22-35-29(25)39-30(27)37/h13-16,19-20,22H,2-12,17-18,21H2,1H3. The number of ether oxygens (including phenoxy) is 1. The molecule has 0 aliphatic carbocycles. The van der Waals surface area contributed by atoms with Crippen molar-refractivity contribution in [3.8, 4) is 16.9 Å². The van der Waals surface area contributed by atoms with Gasteiger partial charge < -0.3 is 9.15 Å². The second-order valence-corrected chi connectivity index (χ2v) is 11.1.